The number of benzene rings is 1. The molecule has 0 aliphatic heterocycles. The Kier molecular flexibility index (Phi) is 4.82. The Morgan fingerprint density at radius 1 is 1.30 bits per heavy atom. The van der Waals surface area contributed by atoms with Gasteiger partial charge in [0.2, 0.25) is 0 Å². The molecule has 2 N–H and O–H groups in total. The largest absolute Gasteiger partial charge is 0.496 e. The molecule has 3 aliphatic carbocycles. The second-order valence-corrected chi connectivity index (χ2v) is 9.04. The number of methoxy groups -OCH3 is 1. The molecule has 1 amide bonds. The van der Waals surface area contributed by atoms with Crippen molar-refractivity contribution >= 4 is 5.91 Å². The minimum absolute atomic E-state index is 0.394. The van der Waals surface area contributed by atoms with Gasteiger partial charge in [0.05, 0.1) is 12.7 Å². The third-order valence-corrected chi connectivity index (χ3v) is 7.84. The number of ether oxygens (including phenoxy) is 1. The zero-order valence-electron chi connectivity index (χ0n) is 17.0. The third kappa shape index (κ3) is 2.90. The summed E-state index contributed by atoms with van der Waals surface area (Å²) < 4.78 is 5.51. The SMILES string of the molecule is CCC/C=C1/CCC2C3CCc4cc(C(N)=O)c(OC)cc4C3CCC12C. The highest BCUT2D eigenvalue weighted by Gasteiger charge is 2.52. The number of rotatable bonds is 4. The molecule has 0 aromatic heterocycles. The van der Waals surface area contributed by atoms with Crippen LogP contribution in [0.2, 0.25) is 0 Å². The van der Waals surface area contributed by atoms with E-state index in [0.29, 0.717) is 22.6 Å². The number of allylic oxidation sites excluding steroid dienone is 2. The first-order valence-corrected chi connectivity index (χ1v) is 10.7. The number of aryl methyl sites for hydroxylation is 1. The second kappa shape index (κ2) is 7.00. The molecule has 0 spiro atoms. The van der Waals surface area contributed by atoms with Crippen LogP contribution in [0.1, 0.15) is 86.2 Å². The lowest BCUT2D eigenvalue weighted by atomic mass is 9.55. The van der Waals surface area contributed by atoms with Gasteiger partial charge < -0.3 is 10.5 Å². The van der Waals surface area contributed by atoms with E-state index in [-0.39, 0.29) is 0 Å². The normalized spacial score (nSPS) is 33.3. The lowest BCUT2D eigenvalue weighted by Crippen LogP contribution is -2.40. The van der Waals surface area contributed by atoms with Crippen molar-refractivity contribution in [3.05, 3.63) is 40.5 Å². The van der Waals surface area contributed by atoms with Crippen molar-refractivity contribution in [2.24, 2.45) is 23.0 Å². The lowest BCUT2D eigenvalue weighted by Gasteiger charge is -2.49. The van der Waals surface area contributed by atoms with Crippen molar-refractivity contribution in [1.82, 2.24) is 0 Å². The van der Waals surface area contributed by atoms with Crippen LogP contribution in [0, 0.1) is 17.3 Å². The van der Waals surface area contributed by atoms with Crippen LogP contribution in [0.15, 0.2) is 23.8 Å². The van der Waals surface area contributed by atoms with E-state index in [1.54, 1.807) is 12.7 Å². The summed E-state index contributed by atoms with van der Waals surface area (Å²) in [5, 5.41) is 0. The van der Waals surface area contributed by atoms with E-state index in [2.05, 4.69) is 26.0 Å². The summed E-state index contributed by atoms with van der Waals surface area (Å²) in [5.74, 6) is 2.41. The molecule has 3 heteroatoms. The Morgan fingerprint density at radius 2 is 2.11 bits per heavy atom. The van der Waals surface area contributed by atoms with Crippen molar-refractivity contribution in [3.8, 4) is 5.75 Å². The number of carbonyl (C=O) groups excluding carboxylic acids is 1. The van der Waals surface area contributed by atoms with Gasteiger partial charge in [0.25, 0.3) is 5.91 Å². The molecule has 0 saturated heterocycles. The van der Waals surface area contributed by atoms with Crippen LogP contribution < -0.4 is 10.5 Å². The van der Waals surface area contributed by atoms with E-state index in [9.17, 15) is 4.79 Å². The van der Waals surface area contributed by atoms with Crippen LogP contribution in [-0.2, 0) is 6.42 Å². The van der Waals surface area contributed by atoms with Crippen LogP contribution >= 0.6 is 0 Å². The van der Waals surface area contributed by atoms with Gasteiger partial charge >= 0.3 is 0 Å². The van der Waals surface area contributed by atoms with E-state index < -0.39 is 5.91 Å². The molecule has 0 bridgehead atoms. The summed E-state index contributed by atoms with van der Waals surface area (Å²) in [7, 11) is 1.63. The molecule has 3 nitrogen and oxygen atoms in total. The Balaban J connectivity index is 1.68. The lowest BCUT2D eigenvalue weighted by molar-refractivity contribution is 0.0811. The fraction of sp³-hybridized carbons (Fsp3) is 0.625. The highest BCUT2D eigenvalue weighted by molar-refractivity contribution is 5.96. The summed E-state index contributed by atoms with van der Waals surface area (Å²) in [4.78, 5) is 11.8. The summed E-state index contributed by atoms with van der Waals surface area (Å²) in [6.45, 7) is 4.81. The molecule has 4 rings (SSSR count). The van der Waals surface area contributed by atoms with E-state index in [4.69, 9.17) is 10.5 Å². The molecule has 0 heterocycles. The molecule has 3 aliphatic rings. The van der Waals surface area contributed by atoms with Gasteiger partial charge in [0, 0.05) is 0 Å². The van der Waals surface area contributed by atoms with E-state index in [1.165, 1.54) is 56.1 Å². The van der Waals surface area contributed by atoms with Gasteiger partial charge in [0.15, 0.2) is 0 Å². The zero-order valence-corrected chi connectivity index (χ0v) is 17.0. The minimum Gasteiger partial charge on any atom is -0.496 e. The van der Waals surface area contributed by atoms with Crippen LogP contribution in [-0.4, -0.2) is 13.0 Å². The number of nitrogens with two attached hydrogens (primary N) is 1. The van der Waals surface area contributed by atoms with Crippen molar-refractivity contribution in [3.63, 3.8) is 0 Å². The van der Waals surface area contributed by atoms with Gasteiger partial charge in [-0.3, -0.25) is 4.79 Å². The molecule has 2 saturated carbocycles. The predicted molar refractivity (Wildman–Crippen MR) is 109 cm³/mol. The molecule has 4 unspecified atom stereocenters. The third-order valence-electron chi connectivity index (χ3n) is 7.84. The first-order chi connectivity index (χ1) is 13.0. The highest BCUT2D eigenvalue weighted by atomic mass is 16.5. The number of hydrogen-bond acceptors (Lipinski definition) is 2. The topological polar surface area (TPSA) is 52.3 Å². The van der Waals surface area contributed by atoms with Crippen LogP contribution in [0.3, 0.4) is 0 Å². The monoisotopic (exact) mass is 367 g/mol. The Labute approximate surface area is 163 Å². The Bertz CT molecular complexity index is 781. The predicted octanol–water partition coefficient (Wildman–Crippen LogP) is 5.38. The van der Waals surface area contributed by atoms with Gasteiger partial charge in [-0.05, 0) is 91.4 Å². The Hall–Kier alpha value is -1.77. The van der Waals surface area contributed by atoms with Gasteiger partial charge in [-0.2, -0.15) is 0 Å². The Morgan fingerprint density at radius 3 is 2.81 bits per heavy atom. The molecule has 27 heavy (non-hydrogen) atoms. The summed E-state index contributed by atoms with van der Waals surface area (Å²) in [6.07, 6.45) is 12.5. The highest BCUT2D eigenvalue weighted by Crippen LogP contribution is 2.63. The summed E-state index contributed by atoms with van der Waals surface area (Å²) >= 11 is 0. The molecule has 146 valence electrons. The maximum absolute atomic E-state index is 11.8. The van der Waals surface area contributed by atoms with Crippen molar-refractivity contribution < 1.29 is 9.53 Å². The van der Waals surface area contributed by atoms with Gasteiger partial charge in [0.1, 0.15) is 5.75 Å². The summed E-state index contributed by atoms with van der Waals surface area (Å²) in [6, 6.07) is 4.12. The fourth-order valence-corrected chi connectivity index (χ4v) is 6.46. The van der Waals surface area contributed by atoms with Crippen molar-refractivity contribution in [2.45, 2.75) is 71.1 Å². The molecule has 1 aromatic rings. The number of amides is 1. The average molecular weight is 368 g/mol. The molecule has 2 fully saturated rings. The van der Waals surface area contributed by atoms with Gasteiger partial charge in [-0.25, -0.2) is 0 Å². The zero-order chi connectivity index (χ0) is 19.2. The first kappa shape index (κ1) is 18.6. The average Bonchev–Trinajstić information content (AvgIpc) is 3.01. The van der Waals surface area contributed by atoms with E-state index in [1.807, 2.05) is 6.07 Å². The maximum Gasteiger partial charge on any atom is 0.252 e. The number of carbonyl (C=O) groups is 1. The minimum atomic E-state index is -0.394. The number of unbranched alkanes of at least 4 members (excludes halogenated alkanes) is 1. The van der Waals surface area contributed by atoms with Crippen LogP contribution in [0.5, 0.6) is 5.75 Å². The molecular weight excluding hydrogens is 334 g/mol. The molecule has 0 radical (unpaired) electrons. The van der Waals surface area contributed by atoms with Crippen molar-refractivity contribution in [2.75, 3.05) is 7.11 Å². The standard InChI is InChI=1S/C24H33NO2/c1-4-5-6-16-8-10-21-18-9-7-15-13-20(23(25)26)22(27-3)14-19(15)17(18)11-12-24(16,21)2/h6,13-14,17-18,21H,4-5,7-12H2,1-3H3,(H2,25,26)/b16-6-. The van der Waals surface area contributed by atoms with E-state index >= 15 is 0 Å². The molecule has 1 aromatic carbocycles. The van der Waals surface area contributed by atoms with E-state index in [0.717, 1.165) is 18.3 Å². The van der Waals surface area contributed by atoms with Gasteiger partial charge in [-0.1, -0.05) is 31.9 Å². The molecular formula is C24H33NO2. The molecule has 4 atom stereocenters. The smallest absolute Gasteiger partial charge is 0.252 e. The second-order valence-electron chi connectivity index (χ2n) is 9.04. The maximum atomic E-state index is 11.8. The van der Waals surface area contributed by atoms with Crippen molar-refractivity contribution in [1.29, 1.82) is 0 Å². The summed E-state index contributed by atoms with van der Waals surface area (Å²) in [5.41, 5.74) is 11.0. The van der Waals surface area contributed by atoms with Gasteiger partial charge in [-0.15, -0.1) is 0 Å². The van der Waals surface area contributed by atoms with Crippen LogP contribution in [0.25, 0.3) is 0 Å². The number of primary amides is 1. The van der Waals surface area contributed by atoms with Crippen LogP contribution in [0.4, 0.5) is 0 Å². The quantitative estimate of drug-likeness (QED) is 0.727. The number of hydrogen-bond donors (Lipinski definition) is 1. The fourth-order valence-electron chi connectivity index (χ4n) is 6.46. The number of fused-ring (bicyclic) bond motifs is 5. The first-order valence-electron chi connectivity index (χ1n) is 10.7.